The number of hydrogen-bond acceptors (Lipinski definition) is 4. The normalized spacial score (nSPS) is 9.57. The number of aliphatic hydroxyl groups excluding tert-OH is 1. The maximum Gasteiger partial charge on any atom is 0.252 e. The standard InChI is InChI=1S/C9H13N3O2/c1-10-9(14)7-2-3-8(12-6-7)11-4-5-13/h2-3,6,13H,4-5H2,1H3,(H,10,14)(H,11,12). The maximum atomic E-state index is 11.1. The van der Waals surface area contributed by atoms with Crippen LogP contribution in [0, 0.1) is 0 Å². The number of nitrogens with zero attached hydrogens (tertiary/aromatic N) is 1. The zero-order valence-corrected chi connectivity index (χ0v) is 7.95. The molecule has 0 radical (unpaired) electrons. The lowest BCUT2D eigenvalue weighted by Gasteiger charge is -2.03. The van der Waals surface area contributed by atoms with Gasteiger partial charge in [0.05, 0.1) is 12.2 Å². The summed E-state index contributed by atoms with van der Waals surface area (Å²) in [6, 6.07) is 3.37. The Hall–Kier alpha value is -1.62. The molecule has 14 heavy (non-hydrogen) atoms. The molecule has 1 aromatic heterocycles. The van der Waals surface area contributed by atoms with E-state index < -0.39 is 0 Å². The van der Waals surface area contributed by atoms with E-state index in [-0.39, 0.29) is 12.5 Å². The van der Waals surface area contributed by atoms with Crippen LogP contribution in [0.1, 0.15) is 10.4 Å². The third-order valence-electron chi connectivity index (χ3n) is 1.67. The summed E-state index contributed by atoms with van der Waals surface area (Å²) >= 11 is 0. The number of aromatic nitrogens is 1. The van der Waals surface area contributed by atoms with Crippen LogP contribution in [-0.2, 0) is 0 Å². The molecule has 5 heteroatoms. The number of pyridine rings is 1. The summed E-state index contributed by atoms with van der Waals surface area (Å²) in [4.78, 5) is 15.1. The molecule has 0 bridgehead atoms. The van der Waals surface area contributed by atoms with Crippen molar-refractivity contribution in [2.45, 2.75) is 0 Å². The van der Waals surface area contributed by atoms with Crippen molar-refractivity contribution in [1.29, 1.82) is 0 Å². The fourth-order valence-corrected chi connectivity index (χ4v) is 0.961. The summed E-state index contributed by atoms with van der Waals surface area (Å²) in [7, 11) is 1.57. The van der Waals surface area contributed by atoms with Gasteiger partial charge in [0.1, 0.15) is 5.82 Å². The quantitative estimate of drug-likeness (QED) is 0.624. The number of anilines is 1. The minimum atomic E-state index is -0.161. The first-order valence-corrected chi connectivity index (χ1v) is 4.31. The SMILES string of the molecule is CNC(=O)c1ccc(NCCO)nc1. The second-order valence-corrected chi connectivity index (χ2v) is 2.66. The van der Waals surface area contributed by atoms with Crippen LogP contribution in [-0.4, -0.2) is 36.2 Å². The predicted molar refractivity (Wildman–Crippen MR) is 53.2 cm³/mol. The van der Waals surface area contributed by atoms with Crippen LogP contribution in [0.25, 0.3) is 0 Å². The number of rotatable bonds is 4. The van der Waals surface area contributed by atoms with Gasteiger partial charge in [-0.15, -0.1) is 0 Å². The third kappa shape index (κ3) is 2.70. The molecule has 0 aliphatic rings. The van der Waals surface area contributed by atoms with Crippen LogP contribution in [0.2, 0.25) is 0 Å². The second kappa shape index (κ2) is 5.18. The van der Waals surface area contributed by atoms with Gasteiger partial charge in [0.25, 0.3) is 5.91 Å². The van der Waals surface area contributed by atoms with E-state index in [4.69, 9.17) is 5.11 Å². The van der Waals surface area contributed by atoms with Gasteiger partial charge in [-0.1, -0.05) is 0 Å². The van der Waals surface area contributed by atoms with Gasteiger partial charge in [-0.3, -0.25) is 4.79 Å². The van der Waals surface area contributed by atoms with Gasteiger partial charge in [-0.05, 0) is 12.1 Å². The van der Waals surface area contributed by atoms with Gasteiger partial charge in [0.15, 0.2) is 0 Å². The molecule has 0 spiro atoms. The summed E-state index contributed by atoms with van der Waals surface area (Å²) in [5.74, 6) is 0.484. The van der Waals surface area contributed by atoms with Crippen molar-refractivity contribution in [2.24, 2.45) is 0 Å². The average molecular weight is 195 g/mol. The van der Waals surface area contributed by atoms with E-state index in [9.17, 15) is 4.79 Å². The van der Waals surface area contributed by atoms with Crippen molar-refractivity contribution in [2.75, 3.05) is 25.5 Å². The number of carbonyl (C=O) groups is 1. The van der Waals surface area contributed by atoms with Crippen molar-refractivity contribution in [3.63, 3.8) is 0 Å². The first-order chi connectivity index (χ1) is 6.77. The van der Waals surface area contributed by atoms with Crippen LogP contribution in [0.4, 0.5) is 5.82 Å². The lowest BCUT2D eigenvalue weighted by atomic mass is 10.2. The van der Waals surface area contributed by atoms with Crippen molar-refractivity contribution < 1.29 is 9.90 Å². The highest BCUT2D eigenvalue weighted by Crippen LogP contribution is 2.04. The van der Waals surface area contributed by atoms with Gasteiger partial charge in [-0.25, -0.2) is 4.98 Å². The molecule has 0 atom stereocenters. The molecular weight excluding hydrogens is 182 g/mol. The Bertz CT molecular complexity index is 297. The highest BCUT2D eigenvalue weighted by molar-refractivity contribution is 5.93. The number of aliphatic hydroxyl groups is 1. The zero-order valence-electron chi connectivity index (χ0n) is 7.95. The van der Waals surface area contributed by atoms with Gasteiger partial charge >= 0.3 is 0 Å². The molecular formula is C9H13N3O2. The molecule has 0 aromatic carbocycles. The molecule has 0 fully saturated rings. The molecule has 0 saturated heterocycles. The highest BCUT2D eigenvalue weighted by atomic mass is 16.3. The Morgan fingerprint density at radius 1 is 1.57 bits per heavy atom. The average Bonchev–Trinajstić information content (AvgIpc) is 2.26. The number of hydrogen-bond donors (Lipinski definition) is 3. The van der Waals surface area contributed by atoms with Crippen LogP contribution >= 0.6 is 0 Å². The summed E-state index contributed by atoms with van der Waals surface area (Å²) in [5.41, 5.74) is 0.516. The van der Waals surface area contributed by atoms with Crippen molar-refractivity contribution >= 4 is 11.7 Å². The van der Waals surface area contributed by atoms with Crippen LogP contribution in [0.5, 0.6) is 0 Å². The van der Waals surface area contributed by atoms with E-state index in [2.05, 4.69) is 15.6 Å². The van der Waals surface area contributed by atoms with Crippen molar-refractivity contribution in [3.05, 3.63) is 23.9 Å². The molecule has 0 saturated carbocycles. The van der Waals surface area contributed by atoms with E-state index in [0.717, 1.165) is 0 Å². The van der Waals surface area contributed by atoms with E-state index in [1.165, 1.54) is 6.20 Å². The molecule has 3 N–H and O–H groups in total. The Kier molecular flexibility index (Phi) is 3.87. The first-order valence-electron chi connectivity index (χ1n) is 4.31. The Morgan fingerprint density at radius 3 is 2.86 bits per heavy atom. The monoisotopic (exact) mass is 195 g/mol. The van der Waals surface area contributed by atoms with E-state index in [0.29, 0.717) is 17.9 Å². The van der Waals surface area contributed by atoms with Gasteiger partial charge in [-0.2, -0.15) is 0 Å². The number of carbonyl (C=O) groups excluding carboxylic acids is 1. The lowest BCUT2D eigenvalue weighted by Crippen LogP contribution is -2.18. The molecule has 0 unspecified atom stereocenters. The summed E-state index contributed by atoms with van der Waals surface area (Å²) < 4.78 is 0. The number of amides is 1. The minimum Gasteiger partial charge on any atom is -0.395 e. The Morgan fingerprint density at radius 2 is 2.36 bits per heavy atom. The number of nitrogens with one attached hydrogen (secondary N) is 2. The minimum absolute atomic E-state index is 0.0544. The molecule has 76 valence electrons. The summed E-state index contributed by atoms with van der Waals surface area (Å²) in [6.45, 7) is 0.505. The predicted octanol–water partition coefficient (Wildman–Crippen LogP) is -0.155. The van der Waals surface area contributed by atoms with Crippen molar-refractivity contribution in [3.8, 4) is 0 Å². The smallest absolute Gasteiger partial charge is 0.252 e. The van der Waals surface area contributed by atoms with E-state index in [1.807, 2.05) is 0 Å². The third-order valence-corrected chi connectivity index (χ3v) is 1.67. The molecule has 0 aliphatic heterocycles. The maximum absolute atomic E-state index is 11.1. The topological polar surface area (TPSA) is 74.2 Å². The van der Waals surface area contributed by atoms with Gasteiger partial charge in [0.2, 0.25) is 0 Å². The van der Waals surface area contributed by atoms with Crippen LogP contribution in [0.15, 0.2) is 18.3 Å². The molecule has 0 aliphatic carbocycles. The largest absolute Gasteiger partial charge is 0.395 e. The highest BCUT2D eigenvalue weighted by Gasteiger charge is 2.02. The second-order valence-electron chi connectivity index (χ2n) is 2.66. The molecule has 1 rings (SSSR count). The van der Waals surface area contributed by atoms with Crippen molar-refractivity contribution in [1.82, 2.24) is 10.3 Å². The van der Waals surface area contributed by atoms with Gasteiger partial charge in [0, 0.05) is 19.8 Å². The Labute approximate surface area is 82.2 Å². The summed E-state index contributed by atoms with van der Waals surface area (Å²) in [5, 5.41) is 13.9. The van der Waals surface area contributed by atoms with Crippen LogP contribution in [0.3, 0.4) is 0 Å². The van der Waals surface area contributed by atoms with E-state index in [1.54, 1.807) is 19.2 Å². The zero-order chi connectivity index (χ0) is 10.4. The molecule has 1 heterocycles. The molecule has 1 amide bonds. The fourth-order valence-electron chi connectivity index (χ4n) is 0.961. The van der Waals surface area contributed by atoms with Crippen LogP contribution < -0.4 is 10.6 Å². The first kappa shape index (κ1) is 10.5. The van der Waals surface area contributed by atoms with E-state index >= 15 is 0 Å². The molecule has 5 nitrogen and oxygen atoms in total. The summed E-state index contributed by atoms with van der Waals surface area (Å²) in [6.07, 6.45) is 1.48. The molecule has 1 aromatic rings. The van der Waals surface area contributed by atoms with Gasteiger partial charge < -0.3 is 15.7 Å². The lowest BCUT2D eigenvalue weighted by molar-refractivity contribution is 0.0963. The fraction of sp³-hybridized carbons (Fsp3) is 0.333. The Balaban J connectivity index is 2.63.